The number of rotatable bonds is 6. The van der Waals surface area contributed by atoms with Gasteiger partial charge in [0.25, 0.3) is 5.91 Å². The first-order valence-electron chi connectivity index (χ1n) is 7.92. The van der Waals surface area contributed by atoms with E-state index in [-0.39, 0.29) is 12.5 Å². The number of carbonyl (C=O) groups is 2. The Bertz CT molecular complexity index is 782. The van der Waals surface area contributed by atoms with Gasteiger partial charge >= 0.3 is 5.97 Å². The molecule has 0 unspecified atom stereocenters. The van der Waals surface area contributed by atoms with Crippen LogP contribution < -0.4 is 14.8 Å². The molecule has 6 nitrogen and oxygen atoms in total. The van der Waals surface area contributed by atoms with Gasteiger partial charge in [-0.25, -0.2) is 4.79 Å². The predicted octanol–water partition coefficient (Wildman–Crippen LogP) is 3.05. The molecule has 1 heterocycles. The molecule has 1 N–H and O–H groups in total. The zero-order valence-corrected chi connectivity index (χ0v) is 14.9. The smallest absolute Gasteiger partial charge is 0.341 e. The zero-order chi connectivity index (χ0) is 17.8. The van der Waals surface area contributed by atoms with Crippen molar-refractivity contribution in [2.45, 2.75) is 19.3 Å². The number of ether oxygens (including phenoxy) is 3. The molecule has 0 fully saturated rings. The topological polar surface area (TPSA) is 73.9 Å². The van der Waals surface area contributed by atoms with Crippen molar-refractivity contribution in [3.8, 4) is 11.5 Å². The molecule has 3 rings (SSSR count). The number of methoxy groups -OCH3 is 2. The molecule has 0 aliphatic heterocycles. The quantitative estimate of drug-likeness (QED) is 0.801. The number of hydrogen-bond acceptors (Lipinski definition) is 6. The first kappa shape index (κ1) is 17.3. The lowest BCUT2D eigenvalue weighted by molar-refractivity contribution is -0.118. The van der Waals surface area contributed by atoms with Gasteiger partial charge < -0.3 is 19.5 Å². The average molecular weight is 361 g/mol. The first-order chi connectivity index (χ1) is 12.1. The summed E-state index contributed by atoms with van der Waals surface area (Å²) in [6, 6.07) is 6.97. The van der Waals surface area contributed by atoms with Crippen LogP contribution in [0.25, 0.3) is 0 Å². The Balaban J connectivity index is 1.65. The highest BCUT2D eigenvalue weighted by molar-refractivity contribution is 7.17. The molecule has 0 radical (unpaired) electrons. The monoisotopic (exact) mass is 361 g/mol. The van der Waals surface area contributed by atoms with Crippen molar-refractivity contribution in [3.05, 3.63) is 40.3 Å². The van der Waals surface area contributed by atoms with Gasteiger partial charge in [-0.1, -0.05) is 0 Å². The third-order valence-electron chi connectivity index (χ3n) is 3.99. The van der Waals surface area contributed by atoms with Crippen LogP contribution in [0.15, 0.2) is 24.3 Å². The van der Waals surface area contributed by atoms with Gasteiger partial charge in [0.05, 0.1) is 19.8 Å². The summed E-state index contributed by atoms with van der Waals surface area (Å²) in [5, 5.41) is 3.32. The van der Waals surface area contributed by atoms with E-state index in [1.54, 1.807) is 31.4 Å². The lowest BCUT2D eigenvalue weighted by atomic mass is 10.1. The zero-order valence-electron chi connectivity index (χ0n) is 14.1. The number of fused-ring (bicyclic) bond motifs is 1. The van der Waals surface area contributed by atoms with Crippen molar-refractivity contribution in [2.24, 2.45) is 0 Å². The van der Waals surface area contributed by atoms with E-state index < -0.39 is 5.97 Å². The summed E-state index contributed by atoms with van der Waals surface area (Å²) >= 11 is 1.44. The molecule has 0 spiro atoms. The number of esters is 1. The van der Waals surface area contributed by atoms with Crippen molar-refractivity contribution < 1.29 is 23.8 Å². The van der Waals surface area contributed by atoms with Gasteiger partial charge in [-0.05, 0) is 49.1 Å². The van der Waals surface area contributed by atoms with Crippen LogP contribution in [0, 0.1) is 0 Å². The van der Waals surface area contributed by atoms with Crippen LogP contribution in [0.1, 0.15) is 27.2 Å². The maximum atomic E-state index is 12.2. The van der Waals surface area contributed by atoms with E-state index in [2.05, 4.69) is 5.32 Å². The molecular formula is C18H19NO5S. The number of hydrogen-bond donors (Lipinski definition) is 1. The summed E-state index contributed by atoms with van der Waals surface area (Å²) in [5.74, 6) is 0.553. The second-order valence-electron chi connectivity index (χ2n) is 5.57. The van der Waals surface area contributed by atoms with Crippen LogP contribution in [0.2, 0.25) is 0 Å². The van der Waals surface area contributed by atoms with Gasteiger partial charge in [-0.2, -0.15) is 0 Å². The highest BCUT2D eigenvalue weighted by atomic mass is 32.1. The summed E-state index contributed by atoms with van der Waals surface area (Å²) in [5.41, 5.74) is 1.49. The third kappa shape index (κ3) is 3.76. The molecule has 0 atom stereocenters. The Labute approximate surface area is 149 Å². The van der Waals surface area contributed by atoms with E-state index in [1.165, 1.54) is 18.4 Å². The molecule has 1 aromatic carbocycles. The largest absolute Gasteiger partial charge is 0.497 e. The summed E-state index contributed by atoms with van der Waals surface area (Å²) in [6.45, 7) is -0.143. The summed E-state index contributed by atoms with van der Waals surface area (Å²) in [7, 11) is 2.93. The fraction of sp³-hybridized carbons (Fsp3) is 0.333. The van der Waals surface area contributed by atoms with Gasteiger partial charge in [0.1, 0.15) is 16.5 Å². The molecule has 0 saturated heterocycles. The highest BCUT2D eigenvalue weighted by Crippen LogP contribution is 2.39. The Morgan fingerprint density at radius 3 is 2.52 bits per heavy atom. The summed E-state index contributed by atoms with van der Waals surface area (Å²) < 4.78 is 15.4. The second kappa shape index (κ2) is 7.57. The van der Waals surface area contributed by atoms with Gasteiger partial charge in [-0.15, -0.1) is 11.3 Å². The minimum absolute atomic E-state index is 0.143. The van der Waals surface area contributed by atoms with Crippen LogP contribution >= 0.6 is 11.3 Å². The highest BCUT2D eigenvalue weighted by Gasteiger charge is 2.28. The molecule has 1 amide bonds. The maximum Gasteiger partial charge on any atom is 0.341 e. The number of thiophene rings is 1. The molecule has 0 bridgehead atoms. The third-order valence-corrected chi connectivity index (χ3v) is 5.20. The molecule has 1 aliphatic carbocycles. The fourth-order valence-corrected chi connectivity index (χ4v) is 4.09. The predicted molar refractivity (Wildman–Crippen MR) is 94.8 cm³/mol. The first-order valence-corrected chi connectivity index (χ1v) is 8.73. The Morgan fingerprint density at radius 1 is 1.12 bits per heavy atom. The van der Waals surface area contributed by atoms with Crippen LogP contribution in [0.5, 0.6) is 11.5 Å². The molecule has 0 saturated carbocycles. The number of aryl methyl sites for hydroxylation is 1. The Morgan fingerprint density at radius 2 is 1.84 bits per heavy atom. The van der Waals surface area contributed by atoms with E-state index in [4.69, 9.17) is 14.2 Å². The van der Waals surface area contributed by atoms with E-state index in [0.717, 1.165) is 29.7 Å². The summed E-state index contributed by atoms with van der Waals surface area (Å²) in [6.07, 6.45) is 2.80. The van der Waals surface area contributed by atoms with Gasteiger partial charge in [-0.3, -0.25) is 4.79 Å². The van der Waals surface area contributed by atoms with Crippen molar-refractivity contribution in [1.82, 2.24) is 0 Å². The van der Waals surface area contributed by atoms with E-state index in [9.17, 15) is 9.59 Å². The van der Waals surface area contributed by atoms with E-state index in [1.807, 2.05) is 0 Å². The van der Waals surface area contributed by atoms with Crippen LogP contribution in [0.4, 0.5) is 5.00 Å². The van der Waals surface area contributed by atoms with Gasteiger partial charge in [0.2, 0.25) is 0 Å². The molecular weight excluding hydrogens is 342 g/mol. The Kier molecular flexibility index (Phi) is 5.23. The number of amides is 1. The van der Waals surface area contributed by atoms with Crippen molar-refractivity contribution in [1.29, 1.82) is 0 Å². The van der Waals surface area contributed by atoms with Gasteiger partial charge in [0.15, 0.2) is 6.61 Å². The lowest BCUT2D eigenvalue weighted by Gasteiger charge is -2.09. The number of benzene rings is 1. The second-order valence-corrected chi connectivity index (χ2v) is 6.67. The van der Waals surface area contributed by atoms with Crippen LogP contribution in [-0.4, -0.2) is 32.7 Å². The number of nitrogens with one attached hydrogen (secondary N) is 1. The Hall–Kier alpha value is -2.54. The molecule has 7 heteroatoms. The molecule has 2 aromatic rings. The fourth-order valence-electron chi connectivity index (χ4n) is 2.79. The molecule has 132 valence electrons. The molecule has 1 aliphatic rings. The van der Waals surface area contributed by atoms with Crippen LogP contribution in [-0.2, 0) is 22.4 Å². The average Bonchev–Trinajstić information content (AvgIpc) is 3.20. The minimum atomic E-state index is -0.411. The molecule has 1 aromatic heterocycles. The normalized spacial score (nSPS) is 12.4. The van der Waals surface area contributed by atoms with E-state index >= 15 is 0 Å². The standard InChI is InChI=1S/C18H19NO5S/c1-22-11-6-8-12(9-7-11)24-10-15(20)19-17-16(18(21)23-2)13-4-3-5-14(13)25-17/h6-9H,3-5,10H2,1-2H3,(H,19,20). The van der Waals surface area contributed by atoms with Gasteiger partial charge in [0, 0.05) is 4.88 Å². The SMILES string of the molecule is COC(=O)c1c(NC(=O)COc2ccc(OC)cc2)sc2c1CCC2. The van der Waals surface area contributed by atoms with Crippen LogP contribution in [0.3, 0.4) is 0 Å². The minimum Gasteiger partial charge on any atom is -0.497 e. The molecule has 25 heavy (non-hydrogen) atoms. The lowest BCUT2D eigenvalue weighted by Crippen LogP contribution is -2.21. The van der Waals surface area contributed by atoms with E-state index in [0.29, 0.717) is 22.1 Å². The van der Waals surface area contributed by atoms with Crippen molar-refractivity contribution >= 4 is 28.2 Å². The van der Waals surface area contributed by atoms with Crippen molar-refractivity contribution in [3.63, 3.8) is 0 Å². The number of anilines is 1. The maximum absolute atomic E-state index is 12.2. The van der Waals surface area contributed by atoms with Crippen molar-refractivity contribution in [2.75, 3.05) is 26.1 Å². The number of carbonyl (C=O) groups excluding carboxylic acids is 2. The summed E-state index contributed by atoms with van der Waals surface area (Å²) in [4.78, 5) is 25.4.